The van der Waals surface area contributed by atoms with Gasteiger partial charge in [-0.25, -0.2) is 4.39 Å². The Hall–Kier alpha value is -1.13. The van der Waals surface area contributed by atoms with Crippen molar-refractivity contribution in [3.05, 3.63) is 29.6 Å². The first-order valence-corrected chi connectivity index (χ1v) is 7.56. The maximum absolute atomic E-state index is 13.2. The summed E-state index contributed by atoms with van der Waals surface area (Å²) in [4.78, 5) is 2.35. The van der Waals surface area contributed by atoms with Crippen molar-refractivity contribution in [2.75, 3.05) is 19.7 Å². The minimum atomic E-state index is -0.198. The maximum Gasteiger partial charge on any atom is 0.123 e. The van der Waals surface area contributed by atoms with Gasteiger partial charge >= 0.3 is 0 Å². The molecule has 1 unspecified atom stereocenters. The standard InChI is InChI=1S/C16H22FNO2/c17-13-5-6-16-12(9-13)10-15(20-16)11-18(7-8-19)14-3-1-2-4-14/h5-6,9,14-15,19H,1-4,7-8,10-11H2. The van der Waals surface area contributed by atoms with Gasteiger partial charge in [0, 0.05) is 31.1 Å². The smallest absolute Gasteiger partial charge is 0.123 e. The highest BCUT2D eigenvalue weighted by Crippen LogP contribution is 2.31. The largest absolute Gasteiger partial charge is 0.488 e. The molecular formula is C16H22FNO2. The van der Waals surface area contributed by atoms with Gasteiger partial charge in [0.05, 0.1) is 6.61 Å². The number of hydrogen-bond donors (Lipinski definition) is 1. The molecule has 1 aliphatic carbocycles. The Balaban J connectivity index is 1.62. The predicted molar refractivity (Wildman–Crippen MR) is 75.4 cm³/mol. The van der Waals surface area contributed by atoms with Crippen molar-refractivity contribution >= 4 is 0 Å². The van der Waals surface area contributed by atoms with Crippen molar-refractivity contribution in [2.24, 2.45) is 0 Å². The summed E-state index contributed by atoms with van der Waals surface area (Å²) in [5.74, 6) is 0.614. The molecular weight excluding hydrogens is 257 g/mol. The maximum atomic E-state index is 13.2. The average molecular weight is 279 g/mol. The number of rotatable bonds is 5. The Kier molecular flexibility index (Phi) is 4.22. The first-order chi connectivity index (χ1) is 9.76. The molecule has 1 heterocycles. The molecule has 1 aromatic carbocycles. The summed E-state index contributed by atoms with van der Waals surface area (Å²) in [5, 5.41) is 9.25. The lowest BCUT2D eigenvalue weighted by molar-refractivity contribution is 0.0975. The van der Waals surface area contributed by atoms with Crippen LogP contribution in [0.3, 0.4) is 0 Å². The van der Waals surface area contributed by atoms with Gasteiger partial charge in [0.2, 0.25) is 0 Å². The van der Waals surface area contributed by atoms with Crippen LogP contribution in [0.2, 0.25) is 0 Å². The van der Waals surface area contributed by atoms with Crippen molar-refractivity contribution in [3.63, 3.8) is 0 Å². The molecule has 0 radical (unpaired) electrons. The van der Waals surface area contributed by atoms with E-state index in [0.29, 0.717) is 12.6 Å². The summed E-state index contributed by atoms with van der Waals surface area (Å²) >= 11 is 0. The molecule has 1 aliphatic heterocycles. The molecule has 0 spiro atoms. The van der Waals surface area contributed by atoms with E-state index in [1.807, 2.05) is 0 Å². The number of benzene rings is 1. The minimum Gasteiger partial charge on any atom is -0.488 e. The van der Waals surface area contributed by atoms with Crippen molar-refractivity contribution in [2.45, 2.75) is 44.2 Å². The number of aliphatic hydroxyl groups excluding tert-OH is 1. The average Bonchev–Trinajstić information content (AvgIpc) is 3.06. The quantitative estimate of drug-likeness (QED) is 0.898. The van der Waals surface area contributed by atoms with Crippen LogP contribution in [-0.4, -0.2) is 41.8 Å². The first-order valence-electron chi connectivity index (χ1n) is 7.56. The van der Waals surface area contributed by atoms with Gasteiger partial charge in [-0.1, -0.05) is 12.8 Å². The lowest BCUT2D eigenvalue weighted by Gasteiger charge is -2.30. The highest BCUT2D eigenvalue weighted by atomic mass is 19.1. The van der Waals surface area contributed by atoms with E-state index in [1.165, 1.54) is 31.7 Å². The van der Waals surface area contributed by atoms with Gasteiger partial charge in [0.25, 0.3) is 0 Å². The van der Waals surface area contributed by atoms with Crippen LogP contribution in [0, 0.1) is 5.82 Å². The molecule has 2 aliphatic rings. The van der Waals surface area contributed by atoms with Gasteiger partial charge in [0.1, 0.15) is 17.7 Å². The van der Waals surface area contributed by atoms with E-state index >= 15 is 0 Å². The molecule has 1 saturated carbocycles. The second-order valence-corrected chi connectivity index (χ2v) is 5.85. The zero-order chi connectivity index (χ0) is 13.9. The van der Waals surface area contributed by atoms with E-state index in [0.717, 1.165) is 24.3 Å². The van der Waals surface area contributed by atoms with Gasteiger partial charge in [-0.3, -0.25) is 4.90 Å². The van der Waals surface area contributed by atoms with Crippen LogP contribution < -0.4 is 4.74 Å². The highest BCUT2D eigenvalue weighted by Gasteiger charge is 2.29. The van der Waals surface area contributed by atoms with E-state index in [4.69, 9.17) is 4.74 Å². The molecule has 1 aromatic rings. The lowest BCUT2D eigenvalue weighted by atomic mass is 10.1. The first kappa shape index (κ1) is 13.8. The third-order valence-corrected chi connectivity index (χ3v) is 4.43. The number of fused-ring (bicyclic) bond motifs is 1. The topological polar surface area (TPSA) is 32.7 Å². The summed E-state index contributed by atoms with van der Waals surface area (Å²) in [6.45, 7) is 1.71. The molecule has 1 fully saturated rings. The lowest BCUT2D eigenvalue weighted by Crippen LogP contribution is -2.42. The van der Waals surface area contributed by atoms with Crippen LogP contribution in [0.1, 0.15) is 31.2 Å². The second-order valence-electron chi connectivity index (χ2n) is 5.85. The van der Waals surface area contributed by atoms with Crippen molar-refractivity contribution in [3.8, 4) is 5.75 Å². The summed E-state index contributed by atoms with van der Waals surface area (Å²) in [7, 11) is 0. The zero-order valence-electron chi connectivity index (χ0n) is 11.7. The monoisotopic (exact) mass is 279 g/mol. The second kappa shape index (κ2) is 6.10. The van der Waals surface area contributed by atoms with Gasteiger partial charge in [-0.05, 0) is 31.0 Å². The van der Waals surface area contributed by atoms with E-state index < -0.39 is 0 Å². The predicted octanol–water partition coefficient (Wildman–Crippen LogP) is 2.37. The van der Waals surface area contributed by atoms with Crippen LogP contribution in [0.5, 0.6) is 5.75 Å². The van der Waals surface area contributed by atoms with E-state index in [-0.39, 0.29) is 18.5 Å². The number of nitrogens with zero attached hydrogens (tertiary/aromatic N) is 1. The van der Waals surface area contributed by atoms with Gasteiger partial charge in [-0.15, -0.1) is 0 Å². The molecule has 3 rings (SSSR count). The number of halogens is 1. The highest BCUT2D eigenvalue weighted by molar-refractivity contribution is 5.37. The van der Waals surface area contributed by atoms with Crippen LogP contribution in [0.15, 0.2) is 18.2 Å². The van der Waals surface area contributed by atoms with Crippen LogP contribution in [0.4, 0.5) is 4.39 Å². The molecule has 3 nitrogen and oxygen atoms in total. The van der Waals surface area contributed by atoms with Crippen molar-refractivity contribution in [1.29, 1.82) is 0 Å². The number of aliphatic hydroxyl groups is 1. The zero-order valence-corrected chi connectivity index (χ0v) is 11.7. The molecule has 0 aromatic heterocycles. The van der Waals surface area contributed by atoms with Crippen LogP contribution >= 0.6 is 0 Å². The molecule has 1 atom stereocenters. The Morgan fingerprint density at radius 3 is 2.85 bits per heavy atom. The number of ether oxygens (including phenoxy) is 1. The Morgan fingerprint density at radius 2 is 2.10 bits per heavy atom. The molecule has 4 heteroatoms. The fraction of sp³-hybridized carbons (Fsp3) is 0.625. The SMILES string of the molecule is OCCN(CC1Cc2cc(F)ccc2O1)C1CCCC1. The fourth-order valence-corrected chi connectivity index (χ4v) is 3.47. The van der Waals surface area contributed by atoms with Crippen LogP contribution in [0.25, 0.3) is 0 Å². The Labute approximate surface area is 119 Å². The molecule has 110 valence electrons. The Bertz CT molecular complexity index is 460. The summed E-state index contributed by atoms with van der Waals surface area (Å²) < 4.78 is 19.1. The van der Waals surface area contributed by atoms with Gasteiger partial charge < -0.3 is 9.84 Å². The van der Waals surface area contributed by atoms with E-state index in [9.17, 15) is 9.50 Å². The molecule has 0 amide bonds. The normalized spacial score (nSPS) is 22.2. The number of hydrogen-bond acceptors (Lipinski definition) is 3. The third kappa shape index (κ3) is 2.96. The molecule has 20 heavy (non-hydrogen) atoms. The van der Waals surface area contributed by atoms with Crippen LogP contribution in [-0.2, 0) is 6.42 Å². The third-order valence-electron chi connectivity index (χ3n) is 4.43. The van der Waals surface area contributed by atoms with Gasteiger partial charge in [0.15, 0.2) is 0 Å². The molecule has 0 saturated heterocycles. The fourth-order valence-electron chi connectivity index (χ4n) is 3.47. The van der Waals surface area contributed by atoms with Gasteiger partial charge in [-0.2, -0.15) is 0 Å². The summed E-state index contributed by atoms with van der Waals surface area (Å²) in [6.07, 6.45) is 5.84. The summed E-state index contributed by atoms with van der Waals surface area (Å²) in [5.41, 5.74) is 0.963. The van der Waals surface area contributed by atoms with E-state index in [2.05, 4.69) is 4.90 Å². The van der Waals surface area contributed by atoms with Crippen molar-refractivity contribution < 1.29 is 14.2 Å². The Morgan fingerprint density at radius 1 is 1.30 bits per heavy atom. The summed E-state index contributed by atoms with van der Waals surface area (Å²) in [6, 6.07) is 5.31. The minimum absolute atomic E-state index is 0.0824. The van der Waals surface area contributed by atoms with E-state index in [1.54, 1.807) is 12.1 Å². The molecule has 1 N–H and O–H groups in total. The molecule has 0 bridgehead atoms. The van der Waals surface area contributed by atoms with Crippen molar-refractivity contribution in [1.82, 2.24) is 4.90 Å².